The van der Waals surface area contributed by atoms with Gasteiger partial charge in [-0.25, -0.2) is 14.3 Å². The maximum atomic E-state index is 11.4. The fraction of sp³-hybridized carbons (Fsp3) is 0.154. The molecular formula is C13H12N4O2S. The van der Waals surface area contributed by atoms with Crippen molar-refractivity contribution in [3.05, 3.63) is 46.5 Å². The molecule has 0 saturated heterocycles. The van der Waals surface area contributed by atoms with Crippen LogP contribution >= 0.6 is 11.3 Å². The standard InChI is InChI=1S/C13H12N4O2S/c1-8-7-9-12(14-4-5-17(9)16-8)15-11(13(18)19)10-3-2-6-20-10/h2-7,11H,1H3,(H,14,15)(H,18,19). The van der Waals surface area contributed by atoms with Crippen molar-refractivity contribution in [1.82, 2.24) is 14.6 Å². The number of aryl methyl sites for hydroxylation is 1. The Morgan fingerprint density at radius 2 is 2.40 bits per heavy atom. The smallest absolute Gasteiger partial charge is 0.331 e. The van der Waals surface area contributed by atoms with Gasteiger partial charge in [0.15, 0.2) is 11.9 Å². The summed E-state index contributed by atoms with van der Waals surface area (Å²) in [6.45, 7) is 1.88. The number of hydrogen-bond donors (Lipinski definition) is 2. The molecule has 0 spiro atoms. The summed E-state index contributed by atoms with van der Waals surface area (Å²) in [4.78, 5) is 16.4. The van der Waals surface area contributed by atoms with E-state index in [1.807, 2.05) is 24.4 Å². The molecule has 3 rings (SSSR count). The Hall–Kier alpha value is -2.41. The van der Waals surface area contributed by atoms with Gasteiger partial charge in [-0.3, -0.25) is 0 Å². The first-order valence-electron chi connectivity index (χ1n) is 5.99. The van der Waals surface area contributed by atoms with Crippen LogP contribution in [0.3, 0.4) is 0 Å². The van der Waals surface area contributed by atoms with Crippen molar-refractivity contribution < 1.29 is 9.90 Å². The van der Waals surface area contributed by atoms with E-state index in [1.54, 1.807) is 23.0 Å². The maximum absolute atomic E-state index is 11.4. The van der Waals surface area contributed by atoms with Crippen LogP contribution in [0, 0.1) is 6.92 Å². The largest absolute Gasteiger partial charge is 0.479 e. The van der Waals surface area contributed by atoms with Crippen LogP contribution in [0.1, 0.15) is 16.6 Å². The highest BCUT2D eigenvalue weighted by molar-refractivity contribution is 7.10. The third-order valence-corrected chi connectivity index (χ3v) is 3.80. The van der Waals surface area contributed by atoms with Gasteiger partial charge in [0.1, 0.15) is 5.52 Å². The van der Waals surface area contributed by atoms with Gasteiger partial charge in [-0.05, 0) is 24.4 Å². The van der Waals surface area contributed by atoms with Crippen LogP contribution in [0.25, 0.3) is 5.52 Å². The quantitative estimate of drug-likeness (QED) is 0.770. The second-order valence-corrected chi connectivity index (χ2v) is 5.30. The van der Waals surface area contributed by atoms with E-state index < -0.39 is 12.0 Å². The summed E-state index contributed by atoms with van der Waals surface area (Å²) in [5.74, 6) is -0.429. The molecule has 0 saturated carbocycles. The van der Waals surface area contributed by atoms with E-state index in [4.69, 9.17) is 0 Å². The lowest BCUT2D eigenvalue weighted by Crippen LogP contribution is -2.20. The molecule has 0 radical (unpaired) electrons. The molecule has 3 aromatic heterocycles. The number of aromatic nitrogens is 3. The molecule has 0 amide bonds. The summed E-state index contributed by atoms with van der Waals surface area (Å²) >= 11 is 1.40. The molecule has 2 N–H and O–H groups in total. The zero-order chi connectivity index (χ0) is 14.1. The lowest BCUT2D eigenvalue weighted by Gasteiger charge is -2.14. The zero-order valence-corrected chi connectivity index (χ0v) is 11.5. The lowest BCUT2D eigenvalue weighted by atomic mass is 10.2. The molecule has 6 nitrogen and oxygen atoms in total. The van der Waals surface area contributed by atoms with Crippen LogP contribution in [0.15, 0.2) is 36.0 Å². The highest BCUT2D eigenvalue weighted by Crippen LogP contribution is 2.25. The fourth-order valence-corrected chi connectivity index (χ4v) is 2.77. The number of fused-ring (bicyclic) bond motifs is 1. The van der Waals surface area contributed by atoms with Crippen LogP contribution < -0.4 is 5.32 Å². The molecule has 3 heterocycles. The molecule has 0 fully saturated rings. The summed E-state index contributed by atoms with van der Waals surface area (Å²) < 4.78 is 1.68. The SMILES string of the molecule is Cc1cc2c(NC(C(=O)O)c3cccs3)nccn2n1. The van der Waals surface area contributed by atoms with Crippen molar-refractivity contribution in [2.24, 2.45) is 0 Å². The molecule has 0 aliphatic heterocycles. The van der Waals surface area contributed by atoms with Crippen molar-refractivity contribution in [2.75, 3.05) is 5.32 Å². The maximum Gasteiger partial charge on any atom is 0.331 e. The van der Waals surface area contributed by atoms with Gasteiger partial charge in [-0.1, -0.05) is 6.07 Å². The summed E-state index contributed by atoms with van der Waals surface area (Å²) in [5, 5.41) is 18.5. The third-order valence-electron chi connectivity index (χ3n) is 2.87. The summed E-state index contributed by atoms with van der Waals surface area (Å²) in [7, 11) is 0. The van der Waals surface area contributed by atoms with Gasteiger partial charge in [-0.2, -0.15) is 5.10 Å². The minimum absolute atomic E-state index is 0.508. The normalized spacial score (nSPS) is 12.4. The third kappa shape index (κ3) is 2.23. The first kappa shape index (κ1) is 12.6. The summed E-state index contributed by atoms with van der Waals surface area (Å²) in [6.07, 6.45) is 3.32. The lowest BCUT2D eigenvalue weighted by molar-refractivity contribution is -0.138. The zero-order valence-electron chi connectivity index (χ0n) is 10.6. The van der Waals surface area contributed by atoms with Crippen LogP contribution in [0.5, 0.6) is 0 Å². The molecule has 1 atom stereocenters. The van der Waals surface area contributed by atoms with Crippen molar-refractivity contribution >= 4 is 28.6 Å². The molecule has 0 aliphatic carbocycles. The van der Waals surface area contributed by atoms with Crippen molar-refractivity contribution in [1.29, 1.82) is 0 Å². The Morgan fingerprint density at radius 1 is 1.55 bits per heavy atom. The van der Waals surface area contributed by atoms with Gasteiger partial charge < -0.3 is 10.4 Å². The predicted molar refractivity (Wildman–Crippen MR) is 76.0 cm³/mol. The summed E-state index contributed by atoms with van der Waals surface area (Å²) in [6, 6.07) is 4.67. The molecule has 102 valence electrons. The van der Waals surface area contributed by atoms with Gasteiger partial charge >= 0.3 is 5.97 Å². The second-order valence-electron chi connectivity index (χ2n) is 4.32. The Bertz CT molecular complexity index is 751. The molecule has 20 heavy (non-hydrogen) atoms. The average Bonchev–Trinajstić information content (AvgIpc) is 3.03. The Kier molecular flexibility index (Phi) is 3.11. The van der Waals surface area contributed by atoms with Gasteiger partial charge in [0.2, 0.25) is 0 Å². The predicted octanol–water partition coefficient (Wildman–Crippen LogP) is 2.34. The number of nitrogens with zero attached hydrogens (tertiary/aromatic N) is 3. The number of aliphatic carboxylic acids is 1. The minimum atomic E-state index is -0.938. The first-order valence-corrected chi connectivity index (χ1v) is 6.87. The van der Waals surface area contributed by atoms with E-state index in [0.717, 1.165) is 16.1 Å². The Labute approximate surface area is 118 Å². The van der Waals surface area contributed by atoms with Gasteiger partial charge in [-0.15, -0.1) is 11.3 Å². The fourth-order valence-electron chi connectivity index (χ4n) is 2.00. The van der Waals surface area contributed by atoms with E-state index in [9.17, 15) is 9.90 Å². The van der Waals surface area contributed by atoms with Gasteiger partial charge in [0.05, 0.1) is 5.69 Å². The summed E-state index contributed by atoms with van der Waals surface area (Å²) in [5.41, 5.74) is 1.61. The number of hydrogen-bond acceptors (Lipinski definition) is 5. The Balaban J connectivity index is 2.01. The van der Waals surface area contributed by atoms with Gasteiger partial charge in [0, 0.05) is 17.3 Å². The van der Waals surface area contributed by atoms with E-state index >= 15 is 0 Å². The topological polar surface area (TPSA) is 79.5 Å². The highest BCUT2D eigenvalue weighted by Gasteiger charge is 2.22. The number of anilines is 1. The molecule has 7 heteroatoms. The van der Waals surface area contributed by atoms with Crippen LogP contribution in [0.2, 0.25) is 0 Å². The van der Waals surface area contributed by atoms with E-state index in [0.29, 0.717) is 5.82 Å². The van der Waals surface area contributed by atoms with Crippen LogP contribution in [-0.2, 0) is 4.79 Å². The number of nitrogens with one attached hydrogen (secondary N) is 1. The highest BCUT2D eigenvalue weighted by atomic mass is 32.1. The second kappa shape index (κ2) is 4.93. The molecule has 1 unspecified atom stereocenters. The molecule has 0 aliphatic rings. The number of rotatable bonds is 4. The van der Waals surface area contributed by atoms with E-state index in [-0.39, 0.29) is 0 Å². The van der Waals surface area contributed by atoms with Crippen molar-refractivity contribution in [2.45, 2.75) is 13.0 Å². The molecular weight excluding hydrogens is 276 g/mol. The van der Waals surface area contributed by atoms with Crippen molar-refractivity contribution in [3.63, 3.8) is 0 Å². The molecule has 0 bridgehead atoms. The van der Waals surface area contributed by atoms with E-state index in [1.165, 1.54) is 11.3 Å². The minimum Gasteiger partial charge on any atom is -0.479 e. The van der Waals surface area contributed by atoms with Crippen LogP contribution in [-0.4, -0.2) is 25.7 Å². The molecule has 0 aromatic carbocycles. The van der Waals surface area contributed by atoms with Crippen LogP contribution in [0.4, 0.5) is 5.82 Å². The number of carbonyl (C=O) groups is 1. The van der Waals surface area contributed by atoms with Crippen molar-refractivity contribution in [3.8, 4) is 0 Å². The van der Waals surface area contributed by atoms with Gasteiger partial charge in [0.25, 0.3) is 0 Å². The van der Waals surface area contributed by atoms with E-state index in [2.05, 4.69) is 15.4 Å². The number of carboxylic acid groups (broad SMARTS) is 1. The molecule has 3 aromatic rings. The Morgan fingerprint density at radius 3 is 3.10 bits per heavy atom. The number of thiophene rings is 1. The monoisotopic (exact) mass is 288 g/mol. The number of carboxylic acids is 1. The first-order chi connectivity index (χ1) is 9.65. The average molecular weight is 288 g/mol.